The Labute approximate surface area is 183 Å². The molecule has 3 amide bonds. The van der Waals surface area contributed by atoms with Gasteiger partial charge < -0.3 is 14.7 Å². The molecule has 4 rings (SSSR count). The second kappa shape index (κ2) is 8.84. The van der Waals surface area contributed by atoms with Gasteiger partial charge in [-0.15, -0.1) is 5.10 Å². The fourth-order valence-corrected chi connectivity index (χ4v) is 3.19. The van der Waals surface area contributed by atoms with Crippen LogP contribution in [0.2, 0.25) is 0 Å². The maximum absolute atomic E-state index is 13.3. The molecule has 0 aliphatic rings. The molecular weight excluding hydrogens is 412 g/mol. The smallest absolute Gasteiger partial charge is 0.321 e. The Morgan fingerprint density at radius 3 is 2.75 bits per heavy atom. The van der Waals surface area contributed by atoms with Crippen LogP contribution in [0.5, 0.6) is 0 Å². The molecule has 32 heavy (non-hydrogen) atoms. The van der Waals surface area contributed by atoms with Crippen molar-refractivity contribution in [2.75, 3.05) is 18.9 Å². The first-order valence-corrected chi connectivity index (χ1v) is 9.98. The summed E-state index contributed by atoms with van der Waals surface area (Å²) in [5.74, 6) is 0.348. The molecule has 0 aliphatic carbocycles. The largest absolute Gasteiger partial charge is 0.359 e. The highest BCUT2D eigenvalue weighted by Gasteiger charge is 2.21. The minimum atomic E-state index is -0.429. The third kappa shape index (κ3) is 4.41. The molecule has 0 radical (unpaired) electrons. The number of carbonyl (C=O) groups is 2. The molecule has 0 fully saturated rings. The first kappa shape index (κ1) is 21.0. The van der Waals surface area contributed by atoms with Crippen LogP contribution in [0.1, 0.15) is 28.9 Å². The second-order valence-electron chi connectivity index (χ2n) is 7.16. The Kier molecular flexibility index (Phi) is 5.79. The van der Waals surface area contributed by atoms with Crippen molar-refractivity contribution < 1.29 is 14.1 Å². The molecule has 4 aromatic rings. The van der Waals surface area contributed by atoms with E-state index in [9.17, 15) is 9.59 Å². The average Bonchev–Trinajstić information content (AvgIpc) is 3.38. The first-order valence-electron chi connectivity index (χ1n) is 9.98. The molecule has 0 spiro atoms. The highest BCUT2D eigenvalue weighted by atomic mass is 16.5. The van der Waals surface area contributed by atoms with E-state index in [0.717, 1.165) is 16.8 Å². The summed E-state index contributed by atoms with van der Waals surface area (Å²) in [6, 6.07) is 8.54. The molecule has 0 saturated carbocycles. The van der Waals surface area contributed by atoms with Gasteiger partial charge in [0.15, 0.2) is 11.4 Å². The summed E-state index contributed by atoms with van der Waals surface area (Å²) in [6.45, 7) is 4.31. The summed E-state index contributed by atoms with van der Waals surface area (Å²) < 4.78 is 6.64. The lowest BCUT2D eigenvalue weighted by atomic mass is 10.1. The molecule has 0 unspecified atom stereocenters. The average molecular weight is 434 g/mol. The van der Waals surface area contributed by atoms with Crippen LogP contribution in [0.15, 0.2) is 47.2 Å². The van der Waals surface area contributed by atoms with Crippen LogP contribution >= 0.6 is 0 Å². The van der Waals surface area contributed by atoms with Gasteiger partial charge >= 0.3 is 6.03 Å². The van der Waals surface area contributed by atoms with Gasteiger partial charge in [0.05, 0.1) is 12.2 Å². The minimum Gasteiger partial charge on any atom is -0.359 e. The molecule has 4 heterocycles. The van der Waals surface area contributed by atoms with Crippen molar-refractivity contribution >= 4 is 23.5 Å². The van der Waals surface area contributed by atoms with Crippen LogP contribution in [-0.4, -0.2) is 55.2 Å². The predicted molar refractivity (Wildman–Crippen MR) is 116 cm³/mol. The van der Waals surface area contributed by atoms with Crippen molar-refractivity contribution in [1.82, 2.24) is 35.0 Å². The van der Waals surface area contributed by atoms with E-state index in [1.54, 1.807) is 44.6 Å². The number of nitrogens with zero attached hydrogens (tertiary/aromatic N) is 6. The quantitative estimate of drug-likeness (QED) is 0.477. The van der Waals surface area contributed by atoms with Crippen LogP contribution in [-0.2, 0) is 6.54 Å². The van der Waals surface area contributed by atoms with E-state index in [4.69, 9.17) is 4.52 Å². The molecule has 0 saturated heterocycles. The molecule has 11 heteroatoms. The number of carbonyl (C=O) groups excluding carboxylic acids is 2. The number of aromatic nitrogens is 5. The molecular formula is C21H22N8O3. The zero-order chi connectivity index (χ0) is 22.7. The second-order valence-corrected chi connectivity index (χ2v) is 7.16. The molecule has 0 bridgehead atoms. The molecule has 0 aliphatic heterocycles. The van der Waals surface area contributed by atoms with Gasteiger partial charge in [0.1, 0.15) is 5.69 Å². The van der Waals surface area contributed by atoms with E-state index in [0.29, 0.717) is 18.0 Å². The van der Waals surface area contributed by atoms with Crippen LogP contribution in [0.4, 0.5) is 10.7 Å². The van der Waals surface area contributed by atoms with Gasteiger partial charge in [0, 0.05) is 37.6 Å². The summed E-state index contributed by atoms with van der Waals surface area (Å²) in [6.07, 6.45) is 3.37. The zero-order valence-corrected chi connectivity index (χ0v) is 17.9. The summed E-state index contributed by atoms with van der Waals surface area (Å²) in [5.41, 5.74) is 2.98. The van der Waals surface area contributed by atoms with Crippen molar-refractivity contribution in [2.24, 2.45) is 0 Å². The number of aryl methyl sites for hydroxylation is 1. The lowest BCUT2D eigenvalue weighted by Gasteiger charge is -2.16. The number of rotatable bonds is 6. The monoisotopic (exact) mass is 434 g/mol. The molecule has 0 atom stereocenters. The third-order valence-electron chi connectivity index (χ3n) is 4.63. The van der Waals surface area contributed by atoms with Gasteiger partial charge in [-0.25, -0.2) is 9.31 Å². The van der Waals surface area contributed by atoms with E-state index in [2.05, 4.69) is 30.9 Å². The van der Waals surface area contributed by atoms with Gasteiger partial charge in [-0.05, 0) is 37.6 Å². The third-order valence-corrected chi connectivity index (χ3v) is 4.63. The number of urea groups is 1. The number of pyridine rings is 2. The molecule has 0 aromatic carbocycles. The Morgan fingerprint density at radius 1 is 1.22 bits per heavy atom. The van der Waals surface area contributed by atoms with Crippen LogP contribution in [0.3, 0.4) is 0 Å². The standard InChI is InChI=1S/C21H22N8O3/c1-4-23-21(31)25-20-24-18-10-15(14-6-5-7-22-11-14)9-17(29(18)26-20)19(30)28(3)12-16-8-13(2)27-32-16/h5-11H,4,12H2,1-3H3,(H2,23,25,26,31). The van der Waals surface area contributed by atoms with Crippen LogP contribution < -0.4 is 10.6 Å². The number of amides is 3. The van der Waals surface area contributed by atoms with Crippen LogP contribution in [0, 0.1) is 6.92 Å². The molecule has 4 aromatic heterocycles. The normalized spacial score (nSPS) is 10.8. The van der Waals surface area contributed by atoms with E-state index in [1.807, 2.05) is 19.1 Å². The zero-order valence-electron chi connectivity index (χ0n) is 17.9. The Balaban J connectivity index is 1.74. The first-order chi connectivity index (χ1) is 15.4. The summed E-state index contributed by atoms with van der Waals surface area (Å²) in [4.78, 5) is 35.3. The van der Waals surface area contributed by atoms with Crippen LogP contribution in [0.25, 0.3) is 16.8 Å². The van der Waals surface area contributed by atoms with E-state index in [-0.39, 0.29) is 24.1 Å². The summed E-state index contributed by atoms with van der Waals surface area (Å²) >= 11 is 0. The predicted octanol–water partition coefficient (Wildman–Crippen LogP) is 2.50. The van der Waals surface area contributed by atoms with Crippen molar-refractivity contribution in [3.63, 3.8) is 0 Å². The lowest BCUT2D eigenvalue weighted by Crippen LogP contribution is -2.29. The van der Waals surface area contributed by atoms with Crippen molar-refractivity contribution in [2.45, 2.75) is 20.4 Å². The number of hydrogen-bond donors (Lipinski definition) is 2. The number of anilines is 1. The number of nitrogens with one attached hydrogen (secondary N) is 2. The molecule has 11 nitrogen and oxygen atoms in total. The molecule has 164 valence electrons. The van der Waals surface area contributed by atoms with Gasteiger partial charge in [-0.2, -0.15) is 4.98 Å². The minimum absolute atomic E-state index is 0.0850. The summed E-state index contributed by atoms with van der Waals surface area (Å²) in [7, 11) is 1.66. The fourth-order valence-electron chi connectivity index (χ4n) is 3.19. The number of hydrogen-bond acceptors (Lipinski definition) is 7. The van der Waals surface area contributed by atoms with Gasteiger partial charge in [-0.3, -0.25) is 15.1 Å². The van der Waals surface area contributed by atoms with E-state index < -0.39 is 6.03 Å². The Hall–Kier alpha value is -4.28. The Morgan fingerprint density at radius 2 is 2.06 bits per heavy atom. The maximum atomic E-state index is 13.3. The van der Waals surface area contributed by atoms with E-state index >= 15 is 0 Å². The topological polar surface area (TPSA) is 131 Å². The van der Waals surface area contributed by atoms with Gasteiger partial charge in [-0.1, -0.05) is 11.2 Å². The lowest BCUT2D eigenvalue weighted by molar-refractivity contribution is 0.0763. The van der Waals surface area contributed by atoms with Crippen molar-refractivity contribution in [1.29, 1.82) is 0 Å². The van der Waals surface area contributed by atoms with E-state index in [1.165, 1.54) is 9.42 Å². The Bertz CT molecular complexity index is 1260. The summed E-state index contributed by atoms with van der Waals surface area (Å²) in [5, 5.41) is 13.4. The van der Waals surface area contributed by atoms with Crippen molar-refractivity contribution in [3.05, 3.63) is 59.9 Å². The highest BCUT2D eigenvalue weighted by Crippen LogP contribution is 2.23. The fraction of sp³-hybridized carbons (Fsp3) is 0.238. The molecule has 2 N–H and O–H groups in total. The van der Waals surface area contributed by atoms with Crippen molar-refractivity contribution in [3.8, 4) is 11.1 Å². The van der Waals surface area contributed by atoms with Gasteiger partial charge in [0.2, 0.25) is 0 Å². The number of fused-ring (bicyclic) bond motifs is 1. The maximum Gasteiger partial charge on any atom is 0.321 e. The van der Waals surface area contributed by atoms with Gasteiger partial charge in [0.25, 0.3) is 11.9 Å². The SMILES string of the molecule is CCNC(=O)Nc1nc2cc(-c3cccnc3)cc(C(=O)N(C)Cc3cc(C)no3)n2n1. The highest BCUT2D eigenvalue weighted by molar-refractivity contribution is 5.95.